The smallest absolute Gasteiger partial charge is 0.0230 e. The molecule has 0 N–H and O–H groups in total. The molecule has 0 saturated carbocycles. The van der Waals surface area contributed by atoms with Crippen LogP contribution in [0, 0.1) is 0 Å². The van der Waals surface area contributed by atoms with Crippen LogP contribution in [0.1, 0.15) is 26.2 Å². The molecule has 0 aromatic rings. The Morgan fingerprint density at radius 3 is 3.00 bits per heavy atom. The van der Waals surface area contributed by atoms with Crippen molar-refractivity contribution < 1.29 is 0 Å². The van der Waals surface area contributed by atoms with E-state index >= 15 is 0 Å². The van der Waals surface area contributed by atoms with E-state index in [1.807, 2.05) is 0 Å². The average Bonchev–Trinajstić information content (AvgIpc) is 2.43. The number of unbranched alkanes of at least 4 members (excludes halogenated alkanes) is 1. The largest absolute Gasteiger partial charge is 0.302 e. The maximum Gasteiger partial charge on any atom is 0.0230 e. The van der Waals surface area contributed by atoms with Gasteiger partial charge in [-0.3, -0.25) is 0 Å². The van der Waals surface area contributed by atoms with Crippen LogP contribution in [-0.4, -0.2) is 25.0 Å². The predicted octanol–water partition coefficient (Wildman–Crippen LogP) is 3.16. The van der Waals surface area contributed by atoms with E-state index in [-0.39, 0.29) is 0 Å². The van der Waals surface area contributed by atoms with E-state index in [0.717, 1.165) is 13.0 Å². The molecule has 0 atom stereocenters. The monoisotopic (exact) mass is 191 g/mol. The normalized spacial score (nSPS) is 15.8. The molecule has 0 amide bonds. The summed E-state index contributed by atoms with van der Waals surface area (Å²) in [6.07, 6.45) is 14.7. The zero-order chi connectivity index (χ0) is 10.2. The SMILES string of the molecule is CCCCN(C)CC1=CC=CCC=C1. The summed E-state index contributed by atoms with van der Waals surface area (Å²) >= 11 is 0. The van der Waals surface area contributed by atoms with E-state index < -0.39 is 0 Å². The van der Waals surface area contributed by atoms with Crippen LogP contribution in [0.5, 0.6) is 0 Å². The van der Waals surface area contributed by atoms with Crippen molar-refractivity contribution in [2.24, 2.45) is 0 Å². The average molecular weight is 191 g/mol. The number of rotatable bonds is 5. The first-order chi connectivity index (χ1) is 6.83. The van der Waals surface area contributed by atoms with Gasteiger partial charge in [-0.05, 0) is 32.0 Å². The second kappa shape index (κ2) is 6.61. The number of hydrogen-bond donors (Lipinski definition) is 0. The lowest BCUT2D eigenvalue weighted by atomic mass is 10.2. The van der Waals surface area contributed by atoms with Crippen LogP contribution >= 0.6 is 0 Å². The molecule has 1 rings (SSSR count). The van der Waals surface area contributed by atoms with Crippen molar-refractivity contribution in [3.8, 4) is 0 Å². The Balaban J connectivity index is 2.35. The molecule has 1 aliphatic rings. The molecule has 0 aromatic heterocycles. The third-order valence-electron chi connectivity index (χ3n) is 2.40. The molecule has 0 heterocycles. The molecule has 0 aliphatic heterocycles. The second-order valence-corrected chi connectivity index (χ2v) is 3.90. The summed E-state index contributed by atoms with van der Waals surface area (Å²) < 4.78 is 0. The summed E-state index contributed by atoms with van der Waals surface area (Å²) in [6.45, 7) is 4.51. The van der Waals surface area contributed by atoms with Crippen molar-refractivity contribution in [1.82, 2.24) is 4.90 Å². The van der Waals surface area contributed by atoms with Gasteiger partial charge in [-0.1, -0.05) is 43.7 Å². The molecular formula is C13H21N. The van der Waals surface area contributed by atoms with Crippen molar-refractivity contribution in [1.29, 1.82) is 0 Å². The molecule has 1 nitrogen and oxygen atoms in total. The summed E-state index contributed by atoms with van der Waals surface area (Å²) in [5.41, 5.74) is 1.41. The number of nitrogens with zero attached hydrogens (tertiary/aromatic N) is 1. The van der Waals surface area contributed by atoms with Gasteiger partial charge in [-0.25, -0.2) is 0 Å². The van der Waals surface area contributed by atoms with E-state index in [4.69, 9.17) is 0 Å². The van der Waals surface area contributed by atoms with Gasteiger partial charge in [-0.2, -0.15) is 0 Å². The van der Waals surface area contributed by atoms with Crippen LogP contribution in [-0.2, 0) is 0 Å². The molecule has 1 aliphatic carbocycles. The lowest BCUT2D eigenvalue weighted by Gasteiger charge is -2.16. The summed E-state index contributed by atoms with van der Waals surface area (Å²) in [6, 6.07) is 0. The molecule has 0 spiro atoms. The highest BCUT2D eigenvalue weighted by molar-refractivity contribution is 5.28. The van der Waals surface area contributed by atoms with Crippen LogP contribution in [0.25, 0.3) is 0 Å². The highest BCUT2D eigenvalue weighted by Gasteiger charge is 1.99. The van der Waals surface area contributed by atoms with Crippen LogP contribution in [0.4, 0.5) is 0 Å². The zero-order valence-electron chi connectivity index (χ0n) is 9.37. The Kier molecular flexibility index (Phi) is 5.31. The van der Waals surface area contributed by atoms with E-state index in [2.05, 4.69) is 49.3 Å². The fraction of sp³-hybridized carbons (Fsp3) is 0.538. The quantitative estimate of drug-likeness (QED) is 0.645. The van der Waals surface area contributed by atoms with Gasteiger partial charge >= 0.3 is 0 Å². The second-order valence-electron chi connectivity index (χ2n) is 3.90. The number of hydrogen-bond acceptors (Lipinski definition) is 1. The first-order valence-corrected chi connectivity index (χ1v) is 5.53. The molecule has 0 fully saturated rings. The Morgan fingerprint density at radius 1 is 1.36 bits per heavy atom. The van der Waals surface area contributed by atoms with Gasteiger partial charge in [0.15, 0.2) is 0 Å². The Labute approximate surface area is 87.8 Å². The lowest BCUT2D eigenvalue weighted by Crippen LogP contribution is -2.21. The Hall–Kier alpha value is -0.820. The van der Waals surface area contributed by atoms with Gasteiger partial charge in [0.25, 0.3) is 0 Å². The first-order valence-electron chi connectivity index (χ1n) is 5.53. The fourth-order valence-electron chi connectivity index (χ4n) is 1.55. The van der Waals surface area contributed by atoms with Crippen molar-refractivity contribution in [3.63, 3.8) is 0 Å². The van der Waals surface area contributed by atoms with Crippen molar-refractivity contribution in [2.45, 2.75) is 26.2 Å². The van der Waals surface area contributed by atoms with Crippen LogP contribution in [0.2, 0.25) is 0 Å². The molecule has 0 unspecified atom stereocenters. The minimum absolute atomic E-state index is 1.07. The molecule has 78 valence electrons. The molecule has 0 aromatic carbocycles. The van der Waals surface area contributed by atoms with E-state index in [0.29, 0.717) is 0 Å². The summed E-state index contributed by atoms with van der Waals surface area (Å²) in [4.78, 5) is 2.39. The van der Waals surface area contributed by atoms with Gasteiger partial charge in [0.2, 0.25) is 0 Å². The molecule has 1 heteroatoms. The van der Waals surface area contributed by atoms with Gasteiger partial charge in [0.1, 0.15) is 0 Å². The molecule has 0 saturated heterocycles. The summed E-state index contributed by atoms with van der Waals surface area (Å²) in [5, 5.41) is 0. The first kappa shape index (κ1) is 11.3. The van der Waals surface area contributed by atoms with Crippen LogP contribution in [0.3, 0.4) is 0 Å². The third-order valence-corrected chi connectivity index (χ3v) is 2.40. The highest BCUT2D eigenvalue weighted by atomic mass is 15.1. The van der Waals surface area contributed by atoms with Crippen LogP contribution in [0.15, 0.2) is 36.0 Å². The van der Waals surface area contributed by atoms with Gasteiger partial charge in [0.05, 0.1) is 0 Å². The number of allylic oxidation sites excluding steroid dienone is 4. The maximum absolute atomic E-state index is 2.39. The van der Waals surface area contributed by atoms with E-state index in [1.165, 1.54) is 25.0 Å². The topological polar surface area (TPSA) is 3.24 Å². The van der Waals surface area contributed by atoms with Gasteiger partial charge in [-0.15, -0.1) is 0 Å². The molecule has 14 heavy (non-hydrogen) atoms. The zero-order valence-corrected chi connectivity index (χ0v) is 9.37. The number of likely N-dealkylation sites (N-methyl/N-ethyl adjacent to an activating group) is 1. The van der Waals surface area contributed by atoms with Crippen LogP contribution < -0.4 is 0 Å². The molecule has 0 bridgehead atoms. The summed E-state index contributed by atoms with van der Waals surface area (Å²) in [7, 11) is 2.19. The predicted molar refractivity (Wildman–Crippen MR) is 63.4 cm³/mol. The lowest BCUT2D eigenvalue weighted by molar-refractivity contribution is 0.357. The molecule has 0 radical (unpaired) electrons. The Bertz CT molecular complexity index is 236. The minimum atomic E-state index is 1.07. The van der Waals surface area contributed by atoms with Crippen molar-refractivity contribution >= 4 is 0 Å². The van der Waals surface area contributed by atoms with E-state index in [1.54, 1.807) is 0 Å². The van der Waals surface area contributed by atoms with Gasteiger partial charge in [0, 0.05) is 6.54 Å². The minimum Gasteiger partial charge on any atom is -0.302 e. The Morgan fingerprint density at radius 2 is 2.21 bits per heavy atom. The van der Waals surface area contributed by atoms with E-state index in [9.17, 15) is 0 Å². The van der Waals surface area contributed by atoms with Gasteiger partial charge < -0.3 is 4.90 Å². The highest BCUT2D eigenvalue weighted by Crippen LogP contribution is 2.06. The standard InChI is InChI=1S/C13H21N/c1-3-4-11-14(2)12-13-9-7-5-6-8-10-13/h5,7-10H,3-4,6,11-12H2,1-2H3. The van der Waals surface area contributed by atoms with Crippen molar-refractivity contribution in [2.75, 3.05) is 20.1 Å². The van der Waals surface area contributed by atoms with Crippen molar-refractivity contribution in [3.05, 3.63) is 36.0 Å². The fourth-order valence-corrected chi connectivity index (χ4v) is 1.55. The third kappa shape index (κ3) is 4.43. The molecular weight excluding hydrogens is 170 g/mol. The maximum atomic E-state index is 2.39. The summed E-state index contributed by atoms with van der Waals surface area (Å²) in [5.74, 6) is 0.